The molecule has 2 rings (SSSR count). The second kappa shape index (κ2) is 10.3. The molecule has 1 heterocycles. The molecule has 0 saturated heterocycles. The summed E-state index contributed by atoms with van der Waals surface area (Å²) in [4.78, 5) is 8.58. The second-order valence-electron chi connectivity index (χ2n) is 5.57. The van der Waals surface area contributed by atoms with E-state index < -0.39 is 0 Å². The minimum absolute atomic E-state index is 0. The first kappa shape index (κ1) is 21.3. The van der Waals surface area contributed by atoms with Gasteiger partial charge in [0.25, 0.3) is 0 Å². The van der Waals surface area contributed by atoms with Crippen LogP contribution in [-0.4, -0.2) is 24.6 Å². The third-order valence-corrected chi connectivity index (χ3v) is 3.67. The number of aromatic nitrogens is 1. The maximum absolute atomic E-state index is 5.70. The lowest BCUT2D eigenvalue weighted by Gasteiger charge is -2.14. The van der Waals surface area contributed by atoms with Gasteiger partial charge >= 0.3 is 0 Å². The molecule has 1 aromatic carbocycles. The SMILES string of the molecule is CCOc1cc(C)ccc1CNC(=NC)NCc1nc(C)c(C)o1.I. The van der Waals surface area contributed by atoms with Crippen molar-refractivity contribution >= 4 is 29.9 Å². The van der Waals surface area contributed by atoms with E-state index in [0.29, 0.717) is 31.5 Å². The average molecular weight is 458 g/mol. The lowest BCUT2D eigenvalue weighted by molar-refractivity contribution is 0.336. The number of aliphatic imine (C=N–C) groups is 1. The summed E-state index contributed by atoms with van der Waals surface area (Å²) in [6, 6.07) is 6.20. The summed E-state index contributed by atoms with van der Waals surface area (Å²) >= 11 is 0. The number of rotatable bonds is 6. The number of aryl methyl sites for hydroxylation is 3. The number of ether oxygens (including phenoxy) is 1. The van der Waals surface area contributed by atoms with E-state index in [9.17, 15) is 0 Å². The molecule has 0 bridgehead atoms. The minimum atomic E-state index is 0. The zero-order valence-corrected chi connectivity index (χ0v) is 17.8. The fourth-order valence-corrected chi connectivity index (χ4v) is 2.27. The monoisotopic (exact) mass is 458 g/mol. The lowest BCUT2D eigenvalue weighted by atomic mass is 10.1. The summed E-state index contributed by atoms with van der Waals surface area (Å²) in [6.45, 7) is 9.64. The molecule has 0 saturated carbocycles. The molecule has 0 aliphatic rings. The van der Waals surface area contributed by atoms with Gasteiger partial charge in [-0.25, -0.2) is 4.98 Å². The number of hydrogen-bond donors (Lipinski definition) is 2. The quantitative estimate of drug-likeness (QED) is 0.394. The molecule has 0 atom stereocenters. The van der Waals surface area contributed by atoms with Gasteiger partial charge in [-0.3, -0.25) is 4.99 Å². The molecule has 0 radical (unpaired) electrons. The van der Waals surface area contributed by atoms with Crippen molar-refractivity contribution in [1.82, 2.24) is 15.6 Å². The Balaban J connectivity index is 0.00000312. The predicted octanol–water partition coefficient (Wildman–Crippen LogP) is 3.48. The van der Waals surface area contributed by atoms with Crippen molar-refractivity contribution in [3.63, 3.8) is 0 Å². The van der Waals surface area contributed by atoms with Gasteiger partial charge in [-0.2, -0.15) is 0 Å². The molecule has 7 heteroatoms. The van der Waals surface area contributed by atoms with Crippen LogP contribution in [0.25, 0.3) is 0 Å². The first-order valence-corrected chi connectivity index (χ1v) is 8.13. The highest BCUT2D eigenvalue weighted by Crippen LogP contribution is 2.20. The summed E-state index contributed by atoms with van der Waals surface area (Å²) in [7, 11) is 1.74. The van der Waals surface area contributed by atoms with Gasteiger partial charge in [0.2, 0.25) is 5.89 Å². The molecular formula is C18H27IN4O2. The van der Waals surface area contributed by atoms with Crippen LogP contribution in [0.3, 0.4) is 0 Å². The molecule has 1 aromatic heterocycles. The molecule has 138 valence electrons. The largest absolute Gasteiger partial charge is 0.494 e. The Morgan fingerprint density at radius 2 is 1.92 bits per heavy atom. The van der Waals surface area contributed by atoms with Crippen molar-refractivity contribution in [3.8, 4) is 5.75 Å². The van der Waals surface area contributed by atoms with Gasteiger partial charge < -0.3 is 19.8 Å². The van der Waals surface area contributed by atoms with Crippen LogP contribution in [0.15, 0.2) is 27.6 Å². The van der Waals surface area contributed by atoms with E-state index in [-0.39, 0.29) is 24.0 Å². The molecule has 6 nitrogen and oxygen atoms in total. The average Bonchev–Trinajstić information content (AvgIpc) is 2.88. The Hall–Kier alpha value is -1.77. The van der Waals surface area contributed by atoms with Crippen LogP contribution in [0.4, 0.5) is 0 Å². The van der Waals surface area contributed by atoms with Gasteiger partial charge in [0, 0.05) is 19.2 Å². The first-order chi connectivity index (χ1) is 11.5. The summed E-state index contributed by atoms with van der Waals surface area (Å²) in [5.74, 6) is 3.08. The fraction of sp³-hybridized carbons (Fsp3) is 0.444. The highest BCUT2D eigenvalue weighted by atomic mass is 127. The molecule has 0 amide bonds. The van der Waals surface area contributed by atoms with Crippen molar-refractivity contribution in [3.05, 3.63) is 46.7 Å². The minimum Gasteiger partial charge on any atom is -0.494 e. The van der Waals surface area contributed by atoms with Gasteiger partial charge in [0.1, 0.15) is 11.5 Å². The van der Waals surface area contributed by atoms with Crippen molar-refractivity contribution < 1.29 is 9.15 Å². The van der Waals surface area contributed by atoms with Crippen LogP contribution in [0.5, 0.6) is 5.75 Å². The highest BCUT2D eigenvalue weighted by molar-refractivity contribution is 14.0. The zero-order chi connectivity index (χ0) is 17.5. The topological polar surface area (TPSA) is 71.7 Å². The van der Waals surface area contributed by atoms with Crippen LogP contribution < -0.4 is 15.4 Å². The van der Waals surface area contributed by atoms with Crippen LogP contribution in [0.2, 0.25) is 0 Å². The van der Waals surface area contributed by atoms with Crippen molar-refractivity contribution in [2.24, 2.45) is 4.99 Å². The normalized spacial score (nSPS) is 11.0. The van der Waals surface area contributed by atoms with E-state index in [1.165, 1.54) is 5.56 Å². The van der Waals surface area contributed by atoms with E-state index in [1.807, 2.05) is 20.8 Å². The number of hydrogen-bond acceptors (Lipinski definition) is 4. The molecule has 0 aliphatic carbocycles. The molecule has 0 unspecified atom stereocenters. The van der Waals surface area contributed by atoms with Gasteiger partial charge in [-0.15, -0.1) is 24.0 Å². The molecule has 0 fully saturated rings. The van der Waals surface area contributed by atoms with Gasteiger partial charge in [0.05, 0.1) is 18.8 Å². The lowest BCUT2D eigenvalue weighted by Crippen LogP contribution is -2.36. The molecule has 2 N–H and O–H groups in total. The van der Waals surface area contributed by atoms with E-state index >= 15 is 0 Å². The third kappa shape index (κ3) is 6.22. The number of benzene rings is 1. The number of halogens is 1. The van der Waals surface area contributed by atoms with E-state index in [0.717, 1.165) is 22.8 Å². The van der Waals surface area contributed by atoms with Gasteiger partial charge in [0.15, 0.2) is 5.96 Å². The summed E-state index contributed by atoms with van der Waals surface area (Å²) in [5.41, 5.74) is 3.18. The Morgan fingerprint density at radius 1 is 1.20 bits per heavy atom. The Bertz CT molecular complexity index is 694. The molecule has 0 aliphatic heterocycles. The third-order valence-electron chi connectivity index (χ3n) is 3.67. The summed E-state index contributed by atoms with van der Waals surface area (Å²) < 4.78 is 11.3. The Kier molecular flexibility index (Phi) is 8.74. The number of nitrogens with one attached hydrogen (secondary N) is 2. The molecule has 2 aromatic rings. The second-order valence-corrected chi connectivity index (χ2v) is 5.57. The number of guanidine groups is 1. The number of oxazole rings is 1. The van der Waals surface area contributed by atoms with Crippen molar-refractivity contribution in [2.75, 3.05) is 13.7 Å². The fourth-order valence-electron chi connectivity index (χ4n) is 2.27. The first-order valence-electron chi connectivity index (χ1n) is 8.13. The Morgan fingerprint density at radius 3 is 2.52 bits per heavy atom. The molecule has 0 spiro atoms. The summed E-state index contributed by atoms with van der Waals surface area (Å²) in [5, 5.41) is 6.49. The van der Waals surface area contributed by atoms with Crippen LogP contribution in [-0.2, 0) is 13.1 Å². The maximum Gasteiger partial charge on any atom is 0.214 e. The van der Waals surface area contributed by atoms with Crippen molar-refractivity contribution in [2.45, 2.75) is 40.8 Å². The maximum atomic E-state index is 5.70. The van der Waals surface area contributed by atoms with E-state index in [1.54, 1.807) is 7.05 Å². The van der Waals surface area contributed by atoms with Crippen molar-refractivity contribution in [1.29, 1.82) is 0 Å². The van der Waals surface area contributed by atoms with Gasteiger partial charge in [-0.1, -0.05) is 12.1 Å². The van der Waals surface area contributed by atoms with E-state index in [2.05, 4.69) is 45.7 Å². The predicted molar refractivity (Wildman–Crippen MR) is 111 cm³/mol. The molecular weight excluding hydrogens is 431 g/mol. The Labute approximate surface area is 166 Å². The van der Waals surface area contributed by atoms with Crippen LogP contribution in [0, 0.1) is 20.8 Å². The smallest absolute Gasteiger partial charge is 0.214 e. The number of nitrogens with zero attached hydrogens (tertiary/aromatic N) is 2. The zero-order valence-electron chi connectivity index (χ0n) is 15.5. The van der Waals surface area contributed by atoms with Gasteiger partial charge in [-0.05, 0) is 39.3 Å². The van der Waals surface area contributed by atoms with E-state index in [4.69, 9.17) is 9.15 Å². The molecule has 25 heavy (non-hydrogen) atoms. The van der Waals surface area contributed by atoms with Crippen LogP contribution >= 0.6 is 24.0 Å². The standard InChI is InChI=1S/C18H26N4O2.HI/c1-6-23-16-9-12(2)7-8-15(16)10-20-18(19-5)21-11-17-22-13(3)14(4)24-17;/h7-9H,6,10-11H2,1-5H3,(H2,19,20,21);1H. The highest BCUT2D eigenvalue weighted by Gasteiger charge is 2.08. The van der Waals surface area contributed by atoms with Crippen LogP contribution in [0.1, 0.15) is 35.4 Å². The summed E-state index contributed by atoms with van der Waals surface area (Å²) in [6.07, 6.45) is 0.